The van der Waals surface area contributed by atoms with Crippen LogP contribution in [0, 0.1) is 12.3 Å². The molecule has 0 radical (unpaired) electrons. The van der Waals surface area contributed by atoms with Crippen LogP contribution in [-0.4, -0.2) is 55.6 Å². The summed E-state index contributed by atoms with van der Waals surface area (Å²) in [5, 5.41) is 15.5. The monoisotopic (exact) mass is 383 g/mol. The minimum absolute atomic E-state index is 0.0343. The van der Waals surface area contributed by atoms with Gasteiger partial charge in [-0.1, -0.05) is 18.6 Å². The van der Waals surface area contributed by atoms with E-state index in [0.29, 0.717) is 24.0 Å². The van der Waals surface area contributed by atoms with E-state index >= 15 is 0 Å². The first kappa shape index (κ1) is 20.2. The summed E-state index contributed by atoms with van der Waals surface area (Å²) in [5.74, 6) is 0.522. The number of nitrogens with zero attached hydrogens (tertiary/aromatic N) is 2. The highest BCUT2D eigenvalue weighted by atomic mass is 16.5. The molecule has 0 aliphatic carbocycles. The van der Waals surface area contributed by atoms with Crippen LogP contribution in [0.1, 0.15) is 31.4 Å². The maximum absolute atomic E-state index is 11.5. The number of methoxy groups -OCH3 is 1. The zero-order valence-corrected chi connectivity index (χ0v) is 17.0. The summed E-state index contributed by atoms with van der Waals surface area (Å²) in [7, 11) is 1.73. The maximum atomic E-state index is 11.5. The second-order valence-corrected chi connectivity index (χ2v) is 7.28. The van der Waals surface area contributed by atoms with Crippen LogP contribution in [0.25, 0.3) is 10.9 Å². The van der Waals surface area contributed by atoms with Gasteiger partial charge in [0, 0.05) is 38.6 Å². The number of rotatable bonds is 5. The number of amides is 1. The van der Waals surface area contributed by atoms with Crippen LogP contribution in [0.2, 0.25) is 0 Å². The van der Waals surface area contributed by atoms with E-state index in [1.807, 2.05) is 31.2 Å². The standard InChI is InChI=1S/C21H29N5O2/c1-5-23-18-8-9-26(12-19(18)28-4)21-16(20(22)24-14(3)27)11-15-10-13(2)6-7-17(15)25-21/h6-7,10-11,18-19,23H,5,8-9,12H2,1-4H3,(H2,22,24,27). The number of aryl methyl sites for hydroxylation is 1. The van der Waals surface area contributed by atoms with Gasteiger partial charge >= 0.3 is 0 Å². The summed E-state index contributed by atoms with van der Waals surface area (Å²) in [6, 6.07) is 8.33. The van der Waals surface area contributed by atoms with Crippen molar-refractivity contribution in [2.45, 2.75) is 39.3 Å². The van der Waals surface area contributed by atoms with Gasteiger partial charge in [-0.25, -0.2) is 4.98 Å². The zero-order valence-electron chi connectivity index (χ0n) is 17.0. The summed E-state index contributed by atoms with van der Waals surface area (Å²) in [4.78, 5) is 18.6. The molecule has 1 aliphatic rings. The zero-order chi connectivity index (χ0) is 20.3. The van der Waals surface area contributed by atoms with Crippen molar-refractivity contribution in [2.75, 3.05) is 31.6 Å². The second-order valence-electron chi connectivity index (χ2n) is 7.28. The fourth-order valence-electron chi connectivity index (χ4n) is 3.80. The van der Waals surface area contributed by atoms with Gasteiger partial charge in [0.2, 0.25) is 5.91 Å². The van der Waals surface area contributed by atoms with Gasteiger partial charge in [0.25, 0.3) is 0 Å². The minimum atomic E-state index is -0.263. The average molecular weight is 383 g/mol. The Bertz CT molecular complexity index is 882. The number of benzene rings is 1. The van der Waals surface area contributed by atoms with Crippen LogP contribution in [0.5, 0.6) is 0 Å². The van der Waals surface area contributed by atoms with Gasteiger partial charge in [0.05, 0.1) is 17.2 Å². The molecular formula is C21H29N5O2. The lowest BCUT2D eigenvalue weighted by atomic mass is 10.0. The third-order valence-electron chi connectivity index (χ3n) is 5.15. The van der Waals surface area contributed by atoms with Crippen LogP contribution in [0.3, 0.4) is 0 Å². The number of hydrogen-bond donors (Lipinski definition) is 3. The Morgan fingerprint density at radius 1 is 1.39 bits per heavy atom. The molecule has 1 saturated heterocycles. The van der Waals surface area contributed by atoms with E-state index in [2.05, 4.69) is 22.5 Å². The van der Waals surface area contributed by atoms with E-state index in [0.717, 1.165) is 36.0 Å². The Labute approximate surface area is 166 Å². The molecule has 7 nitrogen and oxygen atoms in total. The van der Waals surface area contributed by atoms with Gasteiger partial charge in [0.15, 0.2) is 0 Å². The van der Waals surface area contributed by atoms with E-state index in [1.165, 1.54) is 6.92 Å². The largest absolute Gasteiger partial charge is 0.378 e. The molecule has 0 spiro atoms. The van der Waals surface area contributed by atoms with Crippen LogP contribution in [-0.2, 0) is 9.53 Å². The van der Waals surface area contributed by atoms with E-state index in [1.54, 1.807) is 7.11 Å². The molecule has 1 aliphatic heterocycles. The highest BCUT2D eigenvalue weighted by Crippen LogP contribution is 2.27. The van der Waals surface area contributed by atoms with Gasteiger partial charge in [-0.3, -0.25) is 10.2 Å². The first-order valence-electron chi connectivity index (χ1n) is 9.72. The third-order valence-corrected chi connectivity index (χ3v) is 5.15. The molecule has 3 N–H and O–H groups in total. The number of anilines is 1. The lowest BCUT2D eigenvalue weighted by Gasteiger charge is -2.39. The predicted octanol–water partition coefficient (Wildman–Crippen LogP) is 2.21. The predicted molar refractivity (Wildman–Crippen MR) is 112 cm³/mol. The number of pyridine rings is 1. The fraction of sp³-hybridized carbons (Fsp3) is 0.476. The number of likely N-dealkylation sites (N-methyl/N-ethyl adjacent to an activating group) is 1. The SMILES string of the molecule is CCNC1CCN(c2nc3ccc(C)cc3cc2C(=N)NC(C)=O)CC1OC. The smallest absolute Gasteiger partial charge is 0.222 e. The highest BCUT2D eigenvalue weighted by molar-refractivity contribution is 6.10. The van der Waals surface area contributed by atoms with Gasteiger partial charge < -0.3 is 20.3 Å². The highest BCUT2D eigenvalue weighted by Gasteiger charge is 2.31. The Kier molecular flexibility index (Phi) is 6.26. The minimum Gasteiger partial charge on any atom is -0.378 e. The quantitative estimate of drug-likeness (QED) is 0.544. The molecule has 1 amide bonds. The van der Waals surface area contributed by atoms with E-state index in [-0.39, 0.29) is 17.8 Å². The average Bonchev–Trinajstić information content (AvgIpc) is 2.67. The molecule has 3 rings (SSSR count). The molecular weight excluding hydrogens is 354 g/mol. The van der Waals surface area contributed by atoms with Crippen LogP contribution >= 0.6 is 0 Å². The van der Waals surface area contributed by atoms with Crippen molar-refractivity contribution in [1.29, 1.82) is 5.41 Å². The van der Waals surface area contributed by atoms with Crippen molar-refractivity contribution >= 4 is 28.5 Å². The lowest BCUT2D eigenvalue weighted by molar-refractivity contribution is -0.117. The Balaban J connectivity index is 2.01. The maximum Gasteiger partial charge on any atom is 0.222 e. The van der Waals surface area contributed by atoms with Crippen molar-refractivity contribution in [1.82, 2.24) is 15.6 Å². The number of carbonyl (C=O) groups is 1. The number of ether oxygens (including phenoxy) is 1. The van der Waals surface area contributed by atoms with E-state index < -0.39 is 0 Å². The van der Waals surface area contributed by atoms with E-state index in [4.69, 9.17) is 15.1 Å². The Morgan fingerprint density at radius 3 is 2.86 bits per heavy atom. The first-order valence-corrected chi connectivity index (χ1v) is 9.72. The summed E-state index contributed by atoms with van der Waals surface area (Å²) < 4.78 is 5.72. The molecule has 0 bridgehead atoms. The van der Waals surface area contributed by atoms with Crippen molar-refractivity contribution in [2.24, 2.45) is 0 Å². The number of carbonyl (C=O) groups excluding carboxylic acids is 1. The Hall–Kier alpha value is -2.51. The summed E-state index contributed by atoms with van der Waals surface area (Å²) in [6.07, 6.45) is 0.958. The number of hydrogen-bond acceptors (Lipinski definition) is 6. The summed E-state index contributed by atoms with van der Waals surface area (Å²) in [6.45, 7) is 7.92. The number of fused-ring (bicyclic) bond motifs is 1. The van der Waals surface area contributed by atoms with Gasteiger partial charge in [0.1, 0.15) is 11.7 Å². The molecule has 1 fully saturated rings. The fourth-order valence-corrected chi connectivity index (χ4v) is 3.80. The topological polar surface area (TPSA) is 90.3 Å². The molecule has 2 unspecified atom stereocenters. The molecule has 1 aromatic carbocycles. The Morgan fingerprint density at radius 2 is 2.18 bits per heavy atom. The normalized spacial score (nSPS) is 19.6. The number of nitrogens with one attached hydrogen (secondary N) is 3. The summed E-state index contributed by atoms with van der Waals surface area (Å²) in [5.41, 5.74) is 2.64. The van der Waals surface area contributed by atoms with Crippen LogP contribution < -0.4 is 15.5 Å². The molecule has 0 saturated carbocycles. The van der Waals surface area contributed by atoms with Gasteiger partial charge in [-0.2, -0.15) is 0 Å². The van der Waals surface area contributed by atoms with Crippen molar-refractivity contribution in [3.05, 3.63) is 35.4 Å². The molecule has 1 aromatic heterocycles. The lowest BCUT2D eigenvalue weighted by Crippen LogP contribution is -2.54. The number of piperidine rings is 1. The molecule has 150 valence electrons. The third kappa shape index (κ3) is 4.31. The second kappa shape index (κ2) is 8.67. The molecule has 2 heterocycles. The van der Waals surface area contributed by atoms with Gasteiger partial charge in [-0.05, 0) is 38.1 Å². The molecule has 7 heteroatoms. The first-order chi connectivity index (χ1) is 13.4. The van der Waals surface area contributed by atoms with Crippen molar-refractivity contribution < 1.29 is 9.53 Å². The van der Waals surface area contributed by atoms with Crippen LogP contribution in [0.4, 0.5) is 5.82 Å². The molecule has 2 atom stereocenters. The van der Waals surface area contributed by atoms with Crippen LogP contribution in [0.15, 0.2) is 24.3 Å². The molecule has 28 heavy (non-hydrogen) atoms. The van der Waals surface area contributed by atoms with Crippen molar-refractivity contribution in [3.8, 4) is 0 Å². The van der Waals surface area contributed by atoms with Gasteiger partial charge in [-0.15, -0.1) is 0 Å². The molecule has 2 aromatic rings. The number of amidine groups is 1. The summed E-state index contributed by atoms with van der Waals surface area (Å²) >= 11 is 0. The van der Waals surface area contributed by atoms with Crippen molar-refractivity contribution in [3.63, 3.8) is 0 Å². The van der Waals surface area contributed by atoms with E-state index in [9.17, 15) is 4.79 Å². The number of aromatic nitrogens is 1.